The van der Waals surface area contributed by atoms with Crippen LogP contribution in [0.5, 0.6) is 0 Å². The highest BCUT2D eigenvalue weighted by molar-refractivity contribution is 7.89. The van der Waals surface area contributed by atoms with Crippen LogP contribution >= 0.6 is 34.5 Å². The highest BCUT2D eigenvalue weighted by Crippen LogP contribution is 2.28. The van der Waals surface area contributed by atoms with Crippen molar-refractivity contribution in [1.82, 2.24) is 9.29 Å². The van der Waals surface area contributed by atoms with Crippen LogP contribution in [0.3, 0.4) is 0 Å². The van der Waals surface area contributed by atoms with Crippen LogP contribution in [-0.2, 0) is 22.4 Å². The lowest BCUT2D eigenvalue weighted by Crippen LogP contribution is -2.27. The maximum atomic E-state index is 12.7. The second kappa shape index (κ2) is 6.62. The van der Waals surface area contributed by atoms with Gasteiger partial charge in [0.15, 0.2) is 0 Å². The fraction of sp³-hybridized carbons (Fsp3) is 0.308. The fourth-order valence-electron chi connectivity index (χ4n) is 1.91. The van der Waals surface area contributed by atoms with E-state index in [0.717, 1.165) is 0 Å². The average molecular weight is 365 g/mol. The van der Waals surface area contributed by atoms with E-state index < -0.39 is 10.0 Å². The molecule has 1 heterocycles. The van der Waals surface area contributed by atoms with Crippen LogP contribution in [0.1, 0.15) is 16.8 Å². The second-order valence-electron chi connectivity index (χ2n) is 4.56. The van der Waals surface area contributed by atoms with Crippen LogP contribution < -0.4 is 0 Å². The first kappa shape index (κ1) is 16.7. The number of thiazole rings is 1. The number of aromatic nitrogens is 1. The molecule has 1 aromatic heterocycles. The number of nitrogens with zero attached hydrogens (tertiary/aromatic N) is 2. The highest BCUT2D eigenvalue weighted by Gasteiger charge is 2.25. The third kappa shape index (κ3) is 3.57. The summed E-state index contributed by atoms with van der Waals surface area (Å²) in [5.41, 5.74) is 3.72. The molecule has 0 unspecified atom stereocenters. The minimum Gasteiger partial charge on any atom is -0.248 e. The minimum atomic E-state index is -3.65. The first-order valence-electron chi connectivity index (χ1n) is 6.04. The Hall–Kier alpha value is -0.660. The summed E-state index contributed by atoms with van der Waals surface area (Å²) in [6, 6.07) is 3.14. The molecular formula is C13H14Cl2N2O2S2. The summed E-state index contributed by atoms with van der Waals surface area (Å²) in [6.45, 7) is 1.95. The molecule has 0 fully saturated rings. The molecule has 0 radical (unpaired) electrons. The molecule has 4 nitrogen and oxygen atoms in total. The van der Waals surface area contributed by atoms with Crippen molar-refractivity contribution in [2.45, 2.75) is 24.2 Å². The lowest BCUT2D eigenvalue weighted by molar-refractivity contribution is 0.462. The van der Waals surface area contributed by atoms with E-state index in [-0.39, 0.29) is 17.3 Å². The van der Waals surface area contributed by atoms with E-state index in [9.17, 15) is 8.42 Å². The van der Waals surface area contributed by atoms with Gasteiger partial charge in [0, 0.05) is 23.3 Å². The Morgan fingerprint density at radius 3 is 2.67 bits per heavy atom. The van der Waals surface area contributed by atoms with E-state index in [2.05, 4.69) is 4.98 Å². The molecule has 0 amide bonds. The predicted octanol–water partition coefficient (Wildman–Crippen LogP) is 3.66. The third-order valence-electron chi connectivity index (χ3n) is 3.13. The molecule has 21 heavy (non-hydrogen) atoms. The average Bonchev–Trinajstić information content (AvgIpc) is 2.93. The van der Waals surface area contributed by atoms with Gasteiger partial charge < -0.3 is 0 Å². The van der Waals surface area contributed by atoms with E-state index >= 15 is 0 Å². The van der Waals surface area contributed by atoms with Crippen molar-refractivity contribution in [2.75, 3.05) is 7.05 Å². The Morgan fingerprint density at radius 2 is 2.10 bits per heavy atom. The molecule has 0 N–H and O–H groups in total. The Kier molecular flexibility index (Phi) is 5.27. The first-order valence-corrected chi connectivity index (χ1v) is 9.34. The molecule has 0 bridgehead atoms. The van der Waals surface area contributed by atoms with E-state index in [1.807, 2.05) is 5.38 Å². The van der Waals surface area contributed by atoms with Crippen molar-refractivity contribution >= 4 is 44.6 Å². The molecule has 0 atom stereocenters. The SMILES string of the molecule is Cc1c(CCl)cc(Cl)cc1S(=O)(=O)N(C)Cc1cscn1. The lowest BCUT2D eigenvalue weighted by Gasteiger charge is -2.19. The van der Waals surface area contributed by atoms with Gasteiger partial charge >= 0.3 is 0 Å². The Bertz CT molecular complexity index is 731. The molecule has 0 saturated carbocycles. The number of sulfonamides is 1. The molecule has 0 saturated heterocycles. The van der Waals surface area contributed by atoms with Crippen molar-refractivity contribution in [3.8, 4) is 0 Å². The summed E-state index contributed by atoms with van der Waals surface area (Å²) >= 11 is 13.3. The summed E-state index contributed by atoms with van der Waals surface area (Å²) in [5, 5.41) is 2.18. The summed E-state index contributed by atoms with van der Waals surface area (Å²) in [4.78, 5) is 4.29. The summed E-state index contributed by atoms with van der Waals surface area (Å²) < 4.78 is 26.7. The van der Waals surface area contributed by atoms with Gasteiger partial charge in [0.2, 0.25) is 10.0 Å². The second-order valence-corrected chi connectivity index (χ2v) is 8.00. The van der Waals surface area contributed by atoms with Crippen molar-refractivity contribution in [3.05, 3.63) is 44.9 Å². The van der Waals surface area contributed by atoms with Gasteiger partial charge in [-0.2, -0.15) is 4.31 Å². The van der Waals surface area contributed by atoms with Crippen LogP contribution in [-0.4, -0.2) is 24.8 Å². The lowest BCUT2D eigenvalue weighted by atomic mass is 10.1. The number of hydrogen-bond donors (Lipinski definition) is 0. The number of halogens is 2. The van der Waals surface area contributed by atoms with Crippen molar-refractivity contribution in [1.29, 1.82) is 0 Å². The van der Waals surface area contributed by atoms with E-state index in [4.69, 9.17) is 23.2 Å². The number of hydrogen-bond acceptors (Lipinski definition) is 4. The number of benzene rings is 1. The Labute approximate surface area is 138 Å². The van der Waals surface area contributed by atoms with Gasteiger partial charge in [-0.05, 0) is 30.2 Å². The normalized spacial score (nSPS) is 12.0. The highest BCUT2D eigenvalue weighted by atomic mass is 35.5. The molecule has 0 aliphatic rings. The Balaban J connectivity index is 2.41. The third-order valence-corrected chi connectivity index (χ3v) is 6.20. The van der Waals surface area contributed by atoms with Crippen molar-refractivity contribution < 1.29 is 8.42 Å². The molecule has 8 heteroatoms. The molecule has 114 valence electrons. The maximum absolute atomic E-state index is 12.7. The van der Waals surface area contributed by atoms with Crippen LogP contribution in [0.4, 0.5) is 0 Å². The van der Waals surface area contributed by atoms with Crippen LogP contribution in [0.25, 0.3) is 0 Å². The van der Waals surface area contributed by atoms with Crippen molar-refractivity contribution in [2.24, 2.45) is 0 Å². The van der Waals surface area contributed by atoms with Crippen LogP contribution in [0, 0.1) is 6.92 Å². The summed E-state index contributed by atoms with van der Waals surface area (Å²) in [7, 11) is -2.12. The van der Waals surface area contributed by atoms with Gasteiger partial charge in [-0.1, -0.05) is 11.6 Å². The minimum absolute atomic E-state index is 0.184. The van der Waals surface area contributed by atoms with E-state index in [1.165, 1.54) is 28.8 Å². The predicted molar refractivity (Wildman–Crippen MR) is 86.5 cm³/mol. The molecule has 1 aromatic carbocycles. The maximum Gasteiger partial charge on any atom is 0.243 e. The summed E-state index contributed by atoms with van der Waals surface area (Å²) in [6.07, 6.45) is 0. The van der Waals surface area contributed by atoms with E-state index in [0.29, 0.717) is 21.8 Å². The Morgan fingerprint density at radius 1 is 1.38 bits per heavy atom. The zero-order chi connectivity index (χ0) is 15.6. The number of rotatable bonds is 5. The largest absolute Gasteiger partial charge is 0.248 e. The van der Waals surface area contributed by atoms with Gasteiger partial charge in [0.25, 0.3) is 0 Å². The van der Waals surface area contributed by atoms with Gasteiger partial charge in [-0.3, -0.25) is 0 Å². The van der Waals surface area contributed by atoms with Gasteiger partial charge in [-0.25, -0.2) is 13.4 Å². The molecule has 0 aliphatic heterocycles. The molecule has 0 spiro atoms. The molecule has 0 aliphatic carbocycles. The zero-order valence-corrected chi connectivity index (χ0v) is 14.7. The van der Waals surface area contributed by atoms with E-state index in [1.54, 1.807) is 18.5 Å². The number of alkyl halides is 1. The summed E-state index contributed by atoms with van der Waals surface area (Å²) in [5.74, 6) is 0.213. The first-order chi connectivity index (χ1) is 9.86. The molecule has 2 rings (SSSR count). The van der Waals surface area contributed by atoms with Crippen molar-refractivity contribution in [3.63, 3.8) is 0 Å². The zero-order valence-electron chi connectivity index (χ0n) is 11.5. The standard InChI is InChI=1S/C13H14Cl2N2O2S2/c1-9-10(5-14)3-11(15)4-13(9)21(18,19)17(2)6-12-7-20-8-16-12/h3-4,7-8H,5-6H2,1-2H3. The molecule has 2 aromatic rings. The quantitative estimate of drug-likeness (QED) is 0.760. The van der Waals surface area contributed by atoms with Crippen LogP contribution in [0.2, 0.25) is 5.02 Å². The monoisotopic (exact) mass is 364 g/mol. The smallest absolute Gasteiger partial charge is 0.243 e. The van der Waals surface area contributed by atoms with Crippen LogP contribution in [0.15, 0.2) is 27.9 Å². The van der Waals surface area contributed by atoms with Gasteiger partial charge in [0.05, 0.1) is 22.6 Å². The topological polar surface area (TPSA) is 50.3 Å². The molecular weight excluding hydrogens is 351 g/mol. The van der Waals surface area contributed by atoms with Gasteiger partial charge in [-0.15, -0.1) is 22.9 Å². The van der Waals surface area contributed by atoms with Gasteiger partial charge in [0.1, 0.15) is 0 Å². The fourth-order valence-corrected chi connectivity index (χ4v) is 4.48.